The van der Waals surface area contributed by atoms with Gasteiger partial charge in [-0.1, -0.05) is 30.3 Å². The molecule has 1 saturated heterocycles. The highest BCUT2D eigenvalue weighted by atomic mass is 16.7. The second-order valence-electron chi connectivity index (χ2n) is 4.57. The Bertz CT molecular complexity index is 546. The van der Waals surface area contributed by atoms with Crippen LogP contribution in [0.25, 0.3) is 0 Å². The maximum atomic E-state index is 11.5. The first-order valence-corrected chi connectivity index (χ1v) is 6.62. The number of alkyl carbamates (subject to hydrolysis) is 1. The monoisotopic (exact) mass is 309 g/mol. The highest BCUT2D eigenvalue weighted by Crippen LogP contribution is 2.09. The Balaban J connectivity index is 1.80. The van der Waals surface area contributed by atoms with E-state index >= 15 is 0 Å². The largest absolute Gasteiger partial charge is 0.446 e. The number of nitrogens with zero attached hydrogens (tertiary/aromatic N) is 2. The lowest BCUT2D eigenvalue weighted by Crippen LogP contribution is -2.49. The van der Waals surface area contributed by atoms with E-state index in [1.54, 1.807) is 24.3 Å². The van der Waals surface area contributed by atoms with Gasteiger partial charge in [0.2, 0.25) is 0 Å². The SMILES string of the molecule is O=C(NC(OC(=O)N1CCC1)[N+](=O)[O-])OCc1ccccc1. The summed E-state index contributed by atoms with van der Waals surface area (Å²) in [6, 6.07) is 8.82. The van der Waals surface area contributed by atoms with Gasteiger partial charge in [0.15, 0.2) is 0 Å². The zero-order valence-electron chi connectivity index (χ0n) is 11.6. The number of hydrogen-bond acceptors (Lipinski definition) is 6. The molecular formula is C13H15N3O6. The third-order valence-electron chi connectivity index (χ3n) is 2.97. The number of nitrogens with one attached hydrogen (secondary N) is 1. The van der Waals surface area contributed by atoms with Crippen molar-refractivity contribution in [3.05, 3.63) is 46.0 Å². The van der Waals surface area contributed by atoms with Gasteiger partial charge in [-0.2, -0.15) is 0 Å². The lowest BCUT2D eigenvalue weighted by Gasteiger charge is -2.29. The van der Waals surface area contributed by atoms with Crippen LogP contribution in [-0.2, 0) is 16.1 Å². The highest BCUT2D eigenvalue weighted by Gasteiger charge is 2.32. The molecule has 0 radical (unpaired) electrons. The van der Waals surface area contributed by atoms with Crippen molar-refractivity contribution in [3.8, 4) is 0 Å². The minimum Gasteiger partial charge on any atom is -0.444 e. The quantitative estimate of drug-likeness (QED) is 0.499. The van der Waals surface area contributed by atoms with Crippen LogP contribution >= 0.6 is 0 Å². The maximum absolute atomic E-state index is 11.5. The lowest BCUT2D eigenvalue weighted by molar-refractivity contribution is -0.572. The Hall–Kier alpha value is -2.84. The zero-order chi connectivity index (χ0) is 15.9. The molecule has 2 amide bonds. The fraction of sp³-hybridized carbons (Fsp3) is 0.385. The predicted molar refractivity (Wildman–Crippen MR) is 73.2 cm³/mol. The van der Waals surface area contributed by atoms with Gasteiger partial charge >= 0.3 is 18.5 Å². The van der Waals surface area contributed by atoms with Crippen molar-refractivity contribution in [1.29, 1.82) is 0 Å². The standard InChI is InChI=1S/C13H15N3O6/c17-12(21-9-10-5-2-1-3-6-10)14-11(16(19)20)22-13(18)15-7-4-8-15/h1-3,5-6,11H,4,7-9H2,(H,14,17). The van der Waals surface area contributed by atoms with Crippen molar-refractivity contribution in [3.63, 3.8) is 0 Å². The van der Waals surface area contributed by atoms with Crippen molar-refractivity contribution < 1.29 is 24.0 Å². The van der Waals surface area contributed by atoms with Crippen LogP contribution in [0.5, 0.6) is 0 Å². The van der Waals surface area contributed by atoms with E-state index in [0.29, 0.717) is 13.1 Å². The Morgan fingerprint density at radius 1 is 1.32 bits per heavy atom. The van der Waals surface area contributed by atoms with Gasteiger partial charge in [0.05, 0.1) is 4.92 Å². The third-order valence-corrected chi connectivity index (χ3v) is 2.97. The Labute approximate surface area is 125 Å². The summed E-state index contributed by atoms with van der Waals surface area (Å²) in [5.74, 6) is 0. The van der Waals surface area contributed by atoms with Crippen LogP contribution < -0.4 is 5.32 Å². The number of carbonyl (C=O) groups excluding carboxylic acids is 2. The molecule has 1 aromatic rings. The smallest absolute Gasteiger partial charge is 0.444 e. The van der Waals surface area contributed by atoms with Crippen LogP contribution in [0.4, 0.5) is 9.59 Å². The van der Waals surface area contributed by atoms with E-state index in [9.17, 15) is 19.7 Å². The molecule has 1 aromatic carbocycles. The van der Waals surface area contributed by atoms with Gasteiger partial charge in [-0.25, -0.2) is 14.9 Å². The minimum absolute atomic E-state index is 0.0445. The fourth-order valence-electron chi connectivity index (χ4n) is 1.66. The first kappa shape index (κ1) is 15.5. The number of carbonyl (C=O) groups is 2. The van der Waals surface area contributed by atoms with E-state index in [0.717, 1.165) is 12.0 Å². The van der Waals surface area contributed by atoms with Gasteiger partial charge in [-0.3, -0.25) is 10.1 Å². The third kappa shape index (κ3) is 4.33. The number of rotatable bonds is 5. The maximum Gasteiger partial charge on any atom is 0.446 e. The van der Waals surface area contributed by atoms with E-state index in [2.05, 4.69) is 4.74 Å². The first-order chi connectivity index (χ1) is 10.6. The topological polar surface area (TPSA) is 111 Å². The van der Waals surface area contributed by atoms with Crippen LogP contribution in [0.2, 0.25) is 0 Å². The van der Waals surface area contributed by atoms with Gasteiger partial charge < -0.3 is 14.4 Å². The van der Waals surface area contributed by atoms with Gasteiger partial charge in [0.1, 0.15) is 6.61 Å². The molecule has 0 spiro atoms. The van der Waals surface area contributed by atoms with E-state index in [-0.39, 0.29) is 6.61 Å². The van der Waals surface area contributed by atoms with Crippen molar-refractivity contribution >= 4 is 12.2 Å². The molecule has 1 fully saturated rings. The van der Waals surface area contributed by atoms with Crippen LogP contribution in [0.3, 0.4) is 0 Å². The van der Waals surface area contributed by atoms with Crippen molar-refractivity contribution in [2.24, 2.45) is 0 Å². The molecule has 1 heterocycles. The summed E-state index contributed by atoms with van der Waals surface area (Å²) in [6.07, 6.45) is -3.03. The van der Waals surface area contributed by atoms with Crippen molar-refractivity contribution in [2.45, 2.75) is 19.4 Å². The van der Waals surface area contributed by atoms with E-state index < -0.39 is 23.5 Å². The van der Waals surface area contributed by atoms with Crippen LogP contribution in [-0.4, -0.2) is 41.5 Å². The number of benzene rings is 1. The molecule has 9 nitrogen and oxygen atoms in total. The van der Waals surface area contributed by atoms with Crippen LogP contribution in [0.1, 0.15) is 12.0 Å². The predicted octanol–water partition coefficient (Wildman–Crippen LogP) is 1.32. The first-order valence-electron chi connectivity index (χ1n) is 6.62. The number of nitro groups is 1. The summed E-state index contributed by atoms with van der Waals surface area (Å²) in [6.45, 7) is 0.931. The van der Waals surface area contributed by atoms with Gasteiger partial charge in [0, 0.05) is 13.1 Å². The Morgan fingerprint density at radius 2 is 2.00 bits per heavy atom. The number of ether oxygens (including phenoxy) is 2. The van der Waals surface area contributed by atoms with E-state index in [1.165, 1.54) is 4.90 Å². The average Bonchev–Trinajstić information content (AvgIpc) is 2.43. The van der Waals surface area contributed by atoms with E-state index in [1.807, 2.05) is 11.4 Å². The molecule has 1 aliphatic heterocycles. The normalized spacial score (nSPS) is 14.5. The average molecular weight is 309 g/mol. The summed E-state index contributed by atoms with van der Waals surface area (Å²) in [7, 11) is 0. The second kappa shape index (κ2) is 7.25. The molecule has 1 N–H and O–H groups in total. The summed E-state index contributed by atoms with van der Waals surface area (Å²) in [4.78, 5) is 34.2. The van der Waals surface area contributed by atoms with E-state index in [4.69, 9.17) is 4.74 Å². The Morgan fingerprint density at radius 3 is 2.55 bits per heavy atom. The number of amides is 2. The van der Waals surface area contributed by atoms with Gasteiger partial charge in [0.25, 0.3) is 0 Å². The summed E-state index contributed by atoms with van der Waals surface area (Å²) in [5, 5.41) is 12.7. The zero-order valence-corrected chi connectivity index (χ0v) is 11.6. The molecule has 22 heavy (non-hydrogen) atoms. The van der Waals surface area contributed by atoms with Crippen LogP contribution in [0, 0.1) is 10.1 Å². The molecule has 0 saturated carbocycles. The molecule has 0 aliphatic carbocycles. The summed E-state index contributed by atoms with van der Waals surface area (Å²) < 4.78 is 9.45. The second-order valence-corrected chi connectivity index (χ2v) is 4.57. The molecule has 2 rings (SSSR count). The highest BCUT2D eigenvalue weighted by molar-refractivity contribution is 5.70. The molecule has 1 unspecified atom stereocenters. The van der Waals surface area contributed by atoms with Gasteiger partial charge in [-0.05, 0) is 12.0 Å². The summed E-state index contributed by atoms with van der Waals surface area (Å²) >= 11 is 0. The summed E-state index contributed by atoms with van der Waals surface area (Å²) in [5.41, 5.74) is 0.730. The molecule has 0 bridgehead atoms. The minimum atomic E-state index is -1.98. The number of hydrogen-bond donors (Lipinski definition) is 1. The lowest BCUT2D eigenvalue weighted by atomic mass is 10.2. The molecular weight excluding hydrogens is 294 g/mol. The van der Waals surface area contributed by atoms with Crippen molar-refractivity contribution in [1.82, 2.24) is 10.2 Å². The number of likely N-dealkylation sites (tertiary alicyclic amines) is 1. The fourth-order valence-corrected chi connectivity index (χ4v) is 1.66. The van der Waals surface area contributed by atoms with Gasteiger partial charge in [-0.15, -0.1) is 0 Å². The van der Waals surface area contributed by atoms with Crippen LogP contribution in [0.15, 0.2) is 30.3 Å². The molecule has 9 heteroatoms. The Kier molecular flexibility index (Phi) is 5.12. The molecule has 0 aromatic heterocycles. The molecule has 1 atom stereocenters. The van der Waals surface area contributed by atoms with Crippen molar-refractivity contribution in [2.75, 3.05) is 13.1 Å². The molecule has 118 valence electrons. The molecule has 1 aliphatic rings.